The molecule has 2 aromatic heterocycles. The summed E-state index contributed by atoms with van der Waals surface area (Å²) >= 11 is 0. The molecule has 0 unspecified atom stereocenters. The first kappa shape index (κ1) is 34.2. The summed E-state index contributed by atoms with van der Waals surface area (Å²) in [4.78, 5) is 40.8. The van der Waals surface area contributed by atoms with E-state index in [-0.39, 0.29) is 41.0 Å². The van der Waals surface area contributed by atoms with Crippen molar-refractivity contribution < 1.29 is 28.6 Å². The molecule has 1 N–H and O–H groups in total. The number of amides is 2. The average Bonchev–Trinajstić information content (AvgIpc) is 3.90. The normalized spacial score (nSPS) is 28.0. The fourth-order valence-electron chi connectivity index (χ4n) is 9.33. The quantitative estimate of drug-likeness (QED) is 0.242. The molecular weight excluding hydrogens is 644 g/mol. The number of benzene rings is 1. The van der Waals surface area contributed by atoms with Crippen molar-refractivity contribution >= 4 is 17.8 Å². The molecule has 2 amide bonds. The van der Waals surface area contributed by atoms with Crippen LogP contribution in [0.25, 0.3) is 11.3 Å². The molecule has 5 saturated carbocycles. The van der Waals surface area contributed by atoms with E-state index in [4.69, 9.17) is 23.9 Å². The highest BCUT2D eigenvalue weighted by atomic mass is 16.6. The van der Waals surface area contributed by atoms with E-state index >= 15 is 0 Å². The summed E-state index contributed by atoms with van der Waals surface area (Å²) in [5, 5.41) is 9.83. The van der Waals surface area contributed by atoms with Crippen LogP contribution >= 0.6 is 0 Å². The number of nitrogens with zero attached hydrogens (tertiary/aromatic N) is 4. The minimum atomic E-state index is -0.341. The highest BCUT2D eigenvalue weighted by molar-refractivity contribution is 5.95. The number of rotatable bonds is 9. The topological polar surface area (TPSA) is 118 Å². The Morgan fingerprint density at radius 2 is 1.69 bits per heavy atom. The largest absolute Gasteiger partial charge is 0.496 e. The molecule has 0 radical (unpaired) electrons. The van der Waals surface area contributed by atoms with Gasteiger partial charge in [0.15, 0.2) is 5.89 Å². The Hall–Kier alpha value is -3.92. The van der Waals surface area contributed by atoms with E-state index in [1.165, 1.54) is 11.1 Å². The van der Waals surface area contributed by atoms with Gasteiger partial charge in [-0.15, -0.1) is 0 Å². The van der Waals surface area contributed by atoms with E-state index in [9.17, 15) is 14.7 Å². The second-order valence-electron chi connectivity index (χ2n) is 16.2. The molecule has 6 fully saturated rings. The maximum atomic E-state index is 14.7. The summed E-state index contributed by atoms with van der Waals surface area (Å²) in [6, 6.07) is 10.7. The summed E-state index contributed by atoms with van der Waals surface area (Å²) < 4.78 is 17.3. The average molecular weight is 697 g/mol. The number of aryl methyl sites for hydroxylation is 1. The predicted molar refractivity (Wildman–Crippen MR) is 193 cm³/mol. The van der Waals surface area contributed by atoms with Crippen molar-refractivity contribution in [2.45, 2.75) is 120 Å². The maximum Gasteiger partial charge on any atom is 0.410 e. The number of likely N-dealkylation sites (tertiary alicyclic amines) is 1. The number of carbonyl (C=O) groups is 2. The smallest absolute Gasteiger partial charge is 0.410 e. The van der Waals surface area contributed by atoms with Gasteiger partial charge < -0.3 is 23.9 Å². The van der Waals surface area contributed by atoms with E-state index in [2.05, 4.69) is 25.1 Å². The zero-order valence-corrected chi connectivity index (χ0v) is 30.1. The SMILES string of the molecule is COc1ccc(C23CCC(CN(C(=O)C4CCC(OC(=O)N5CCC(O)CC5)CC4)c4cc(-c5coc(C6CC6)n5)ccn4)(CC2)CC3)cc1C. The van der Waals surface area contributed by atoms with Crippen LogP contribution in [0.15, 0.2) is 47.2 Å². The molecule has 272 valence electrons. The first-order chi connectivity index (χ1) is 24.7. The van der Waals surface area contributed by atoms with Crippen LogP contribution in [0.1, 0.15) is 113 Å². The van der Waals surface area contributed by atoms with Gasteiger partial charge in [-0.05, 0) is 137 Å². The van der Waals surface area contributed by atoms with Crippen molar-refractivity contribution in [1.82, 2.24) is 14.9 Å². The Bertz CT molecular complexity index is 1710. The van der Waals surface area contributed by atoms with E-state index in [1.807, 2.05) is 17.0 Å². The number of oxazole rings is 1. The van der Waals surface area contributed by atoms with Gasteiger partial charge in [-0.3, -0.25) is 9.69 Å². The van der Waals surface area contributed by atoms with Crippen LogP contribution in [-0.2, 0) is 14.9 Å². The van der Waals surface area contributed by atoms with Gasteiger partial charge in [0.25, 0.3) is 0 Å². The molecule has 3 aromatic rings. The molecule has 5 aliphatic carbocycles. The van der Waals surface area contributed by atoms with E-state index < -0.39 is 0 Å². The summed E-state index contributed by atoms with van der Waals surface area (Å²) in [7, 11) is 1.73. The van der Waals surface area contributed by atoms with Gasteiger partial charge in [-0.1, -0.05) is 12.1 Å². The van der Waals surface area contributed by atoms with Crippen molar-refractivity contribution in [3.63, 3.8) is 0 Å². The molecule has 1 aromatic carbocycles. The number of piperidine rings is 1. The van der Waals surface area contributed by atoms with Gasteiger partial charge in [0, 0.05) is 43.2 Å². The summed E-state index contributed by atoms with van der Waals surface area (Å²) in [5.41, 5.74) is 4.52. The van der Waals surface area contributed by atoms with Gasteiger partial charge in [0.1, 0.15) is 29.6 Å². The predicted octanol–water partition coefficient (Wildman–Crippen LogP) is 7.71. The zero-order valence-electron chi connectivity index (χ0n) is 30.1. The maximum absolute atomic E-state index is 14.7. The molecule has 51 heavy (non-hydrogen) atoms. The van der Waals surface area contributed by atoms with Crippen molar-refractivity contribution in [2.75, 3.05) is 31.6 Å². The number of pyridine rings is 1. The number of aliphatic hydroxyl groups is 1. The number of hydrogen-bond acceptors (Lipinski definition) is 8. The van der Waals surface area contributed by atoms with Crippen molar-refractivity contribution in [2.24, 2.45) is 11.3 Å². The molecule has 10 heteroatoms. The number of ether oxygens (including phenoxy) is 2. The number of hydrogen-bond donors (Lipinski definition) is 1. The minimum Gasteiger partial charge on any atom is -0.496 e. The van der Waals surface area contributed by atoms with E-state index in [0.717, 1.165) is 74.3 Å². The molecular formula is C41H52N4O6. The van der Waals surface area contributed by atoms with Crippen LogP contribution < -0.4 is 9.64 Å². The van der Waals surface area contributed by atoms with Crippen LogP contribution in [0.3, 0.4) is 0 Å². The van der Waals surface area contributed by atoms with Crippen LogP contribution in [0.4, 0.5) is 10.6 Å². The number of aliphatic hydroxyl groups excluding tert-OH is 1. The monoisotopic (exact) mass is 696 g/mol. The Balaban J connectivity index is 0.991. The fraction of sp³-hybridized carbons (Fsp3) is 0.610. The summed E-state index contributed by atoms with van der Waals surface area (Å²) in [6.07, 6.45) is 15.4. The van der Waals surface area contributed by atoms with Gasteiger partial charge in [-0.2, -0.15) is 0 Å². The molecule has 6 aliphatic rings. The zero-order chi connectivity index (χ0) is 35.2. The van der Waals surface area contributed by atoms with Crippen molar-refractivity contribution in [3.05, 3.63) is 59.8 Å². The van der Waals surface area contributed by atoms with Crippen LogP contribution in [0, 0.1) is 18.3 Å². The Labute approximate surface area is 300 Å². The first-order valence-corrected chi connectivity index (χ1v) is 19.3. The Morgan fingerprint density at radius 3 is 2.35 bits per heavy atom. The van der Waals surface area contributed by atoms with Crippen LogP contribution in [0.5, 0.6) is 5.75 Å². The second-order valence-corrected chi connectivity index (χ2v) is 16.2. The Morgan fingerprint density at radius 1 is 0.961 bits per heavy atom. The standard InChI is InChI=1S/C41H52N4O6/c1-27-23-31(7-10-35(27)49-2)41-17-14-40(15-18-41,16-19-41)26-45(36-24-30(11-20-42-36)34-25-50-37(43-34)28-3-4-28)38(47)29-5-8-33(9-6-29)51-39(48)44-21-12-32(46)13-22-44/h7,10-11,20,23-25,28-29,32-33,46H,3-6,8-9,12-19,21-22,26H2,1-2H3. The summed E-state index contributed by atoms with van der Waals surface area (Å²) in [6.45, 7) is 3.83. The minimum absolute atomic E-state index is 0.0401. The first-order valence-electron chi connectivity index (χ1n) is 19.3. The van der Waals surface area contributed by atoms with E-state index in [1.54, 1.807) is 24.5 Å². The van der Waals surface area contributed by atoms with Crippen molar-refractivity contribution in [3.8, 4) is 17.0 Å². The van der Waals surface area contributed by atoms with Gasteiger partial charge in [0.05, 0.1) is 13.2 Å². The highest BCUT2D eigenvalue weighted by Crippen LogP contribution is 2.58. The number of carbonyl (C=O) groups excluding carboxylic acids is 2. The van der Waals surface area contributed by atoms with Crippen molar-refractivity contribution in [1.29, 1.82) is 0 Å². The third kappa shape index (κ3) is 7.00. The molecule has 1 saturated heterocycles. The number of aromatic nitrogens is 2. The number of fused-ring (bicyclic) bond motifs is 3. The van der Waals surface area contributed by atoms with Crippen LogP contribution in [-0.4, -0.2) is 70.9 Å². The lowest BCUT2D eigenvalue weighted by molar-refractivity contribution is -0.124. The number of anilines is 1. The third-order valence-corrected chi connectivity index (χ3v) is 12.9. The lowest BCUT2D eigenvalue weighted by Gasteiger charge is -2.55. The van der Waals surface area contributed by atoms with Gasteiger partial charge >= 0.3 is 6.09 Å². The third-order valence-electron chi connectivity index (χ3n) is 12.9. The Kier molecular flexibility index (Phi) is 9.32. The van der Waals surface area contributed by atoms with E-state index in [0.29, 0.717) is 69.9 Å². The molecule has 2 bridgehead atoms. The fourth-order valence-corrected chi connectivity index (χ4v) is 9.33. The number of methoxy groups -OCH3 is 1. The lowest BCUT2D eigenvalue weighted by atomic mass is 9.51. The molecule has 1 aliphatic heterocycles. The molecule has 3 heterocycles. The van der Waals surface area contributed by atoms with Gasteiger partial charge in [0.2, 0.25) is 5.91 Å². The molecule has 10 nitrogen and oxygen atoms in total. The summed E-state index contributed by atoms with van der Waals surface area (Å²) in [5.74, 6) is 2.79. The molecule has 0 atom stereocenters. The molecule has 0 spiro atoms. The van der Waals surface area contributed by atoms with Crippen LogP contribution in [0.2, 0.25) is 0 Å². The lowest BCUT2D eigenvalue weighted by Crippen LogP contribution is -2.52. The highest BCUT2D eigenvalue weighted by Gasteiger charge is 2.51. The second kappa shape index (κ2) is 13.9. The van der Waals surface area contributed by atoms with Gasteiger partial charge in [-0.25, -0.2) is 14.8 Å². The molecule has 9 rings (SSSR count).